The van der Waals surface area contributed by atoms with Crippen LogP contribution in [0, 0.1) is 5.92 Å². The van der Waals surface area contributed by atoms with E-state index in [0.717, 1.165) is 5.75 Å². The third-order valence-corrected chi connectivity index (χ3v) is 2.57. The van der Waals surface area contributed by atoms with Crippen molar-refractivity contribution in [3.63, 3.8) is 0 Å². The van der Waals surface area contributed by atoms with Crippen LogP contribution in [0.2, 0.25) is 0 Å². The highest BCUT2D eigenvalue weighted by molar-refractivity contribution is 5.69. The molecule has 4 nitrogen and oxygen atoms in total. The van der Waals surface area contributed by atoms with Crippen LogP contribution in [-0.2, 0) is 4.79 Å². The van der Waals surface area contributed by atoms with Gasteiger partial charge in [-0.2, -0.15) is 0 Å². The van der Waals surface area contributed by atoms with E-state index >= 15 is 0 Å². The molecule has 0 aliphatic rings. The maximum Gasteiger partial charge on any atom is 0.306 e. The van der Waals surface area contributed by atoms with Gasteiger partial charge in [0.1, 0.15) is 5.75 Å². The van der Waals surface area contributed by atoms with E-state index in [2.05, 4.69) is 0 Å². The minimum atomic E-state index is -0.894. The highest BCUT2D eigenvalue weighted by Crippen LogP contribution is 2.23. The molecule has 2 atom stereocenters. The largest absolute Gasteiger partial charge is 0.494 e. The van der Waals surface area contributed by atoms with E-state index in [9.17, 15) is 9.90 Å². The van der Waals surface area contributed by atoms with Crippen LogP contribution < -0.4 is 4.74 Å². The van der Waals surface area contributed by atoms with Crippen LogP contribution in [0.15, 0.2) is 24.3 Å². The molecular formula is C13H18O4. The van der Waals surface area contributed by atoms with Crippen molar-refractivity contribution in [3.05, 3.63) is 29.8 Å². The highest BCUT2D eigenvalue weighted by Gasteiger charge is 2.17. The van der Waals surface area contributed by atoms with Gasteiger partial charge in [-0.1, -0.05) is 19.1 Å². The zero-order valence-corrected chi connectivity index (χ0v) is 10.1. The minimum Gasteiger partial charge on any atom is -0.494 e. The van der Waals surface area contributed by atoms with Gasteiger partial charge in [0.2, 0.25) is 0 Å². The molecule has 0 fully saturated rings. The highest BCUT2D eigenvalue weighted by atomic mass is 16.5. The molecule has 2 N–H and O–H groups in total. The van der Waals surface area contributed by atoms with Crippen molar-refractivity contribution in [1.29, 1.82) is 0 Å². The molecule has 1 aromatic carbocycles. The number of aliphatic hydroxyl groups excluding tert-OH is 1. The lowest BCUT2D eigenvalue weighted by atomic mass is 9.98. The van der Waals surface area contributed by atoms with Gasteiger partial charge in [0.25, 0.3) is 0 Å². The molecule has 94 valence electrons. The Kier molecular flexibility index (Phi) is 4.97. The molecule has 0 bridgehead atoms. The Morgan fingerprint density at radius 2 is 1.94 bits per heavy atom. The predicted molar refractivity (Wildman–Crippen MR) is 64.0 cm³/mol. The van der Waals surface area contributed by atoms with Gasteiger partial charge in [-0.05, 0) is 31.0 Å². The first kappa shape index (κ1) is 13.5. The van der Waals surface area contributed by atoms with E-state index in [1.807, 2.05) is 6.92 Å². The van der Waals surface area contributed by atoms with Crippen molar-refractivity contribution in [2.24, 2.45) is 5.92 Å². The number of carboxylic acid groups (broad SMARTS) is 1. The van der Waals surface area contributed by atoms with E-state index in [1.54, 1.807) is 31.2 Å². The molecule has 0 saturated carbocycles. The number of rotatable bonds is 6. The summed E-state index contributed by atoms with van der Waals surface area (Å²) in [4.78, 5) is 10.7. The standard InChI is InChI=1S/C13H18O4/c1-3-17-11-6-4-10(5-7-11)12(14)8-9(2)13(15)16/h4-7,9,12,14H,3,8H2,1-2H3,(H,15,16). The van der Waals surface area contributed by atoms with Gasteiger partial charge in [-0.25, -0.2) is 0 Å². The van der Waals surface area contributed by atoms with Crippen LogP contribution >= 0.6 is 0 Å². The van der Waals surface area contributed by atoms with E-state index in [1.165, 1.54) is 0 Å². The van der Waals surface area contributed by atoms with Crippen LogP contribution in [0.25, 0.3) is 0 Å². The first-order chi connectivity index (χ1) is 8.04. The predicted octanol–water partition coefficient (Wildman–Crippen LogP) is 2.23. The summed E-state index contributed by atoms with van der Waals surface area (Å²) in [6.45, 7) is 4.08. The molecule has 0 aromatic heterocycles. The zero-order chi connectivity index (χ0) is 12.8. The Balaban J connectivity index is 2.63. The van der Waals surface area contributed by atoms with E-state index in [0.29, 0.717) is 12.2 Å². The summed E-state index contributed by atoms with van der Waals surface area (Å²) in [5.74, 6) is -0.707. The van der Waals surface area contributed by atoms with Gasteiger partial charge in [-0.15, -0.1) is 0 Å². The maximum atomic E-state index is 10.7. The smallest absolute Gasteiger partial charge is 0.306 e. The van der Waals surface area contributed by atoms with Crippen LogP contribution in [-0.4, -0.2) is 22.8 Å². The Labute approximate surface area is 101 Å². The molecule has 2 unspecified atom stereocenters. The maximum absolute atomic E-state index is 10.7. The number of hydrogen-bond donors (Lipinski definition) is 2. The number of carbonyl (C=O) groups is 1. The van der Waals surface area contributed by atoms with Gasteiger partial charge in [0.15, 0.2) is 0 Å². The minimum absolute atomic E-state index is 0.212. The second-order valence-corrected chi connectivity index (χ2v) is 3.99. The Bertz CT molecular complexity index is 358. The first-order valence-corrected chi connectivity index (χ1v) is 5.68. The molecular weight excluding hydrogens is 220 g/mol. The van der Waals surface area contributed by atoms with Crippen LogP contribution in [0.3, 0.4) is 0 Å². The van der Waals surface area contributed by atoms with Gasteiger partial charge in [0.05, 0.1) is 18.6 Å². The molecule has 0 amide bonds. The second-order valence-electron chi connectivity index (χ2n) is 3.99. The third-order valence-electron chi connectivity index (χ3n) is 2.57. The van der Waals surface area contributed by atoms with Crippen molar-refractivity contribution < 1.29 is 19.7 Å². The normalized spacial score (nSPS) is 14.1. The first-order valence-electron chi connectivity index (χ1n) is 5.68. The molecule has 17 heavy (non-hydrogen) atoms. The van der Waals surface area contributed by atoms with Crippen molar-refractivity contribution in [2.45, 2.75) is 26.4 Å². The summed E-state index contributed by atoms with van der Waals surface area (Å²) < 4.78 is 5.28. The van der Waals surface area contributed by atoms with E-state index in [-0.39, 0.29) is 6.42 Å². The van der Waals surface area contributed by atoms with Crippen LogP contribution in [0.4, 0.5) is 0 Å². The summed E-state index contributed by atoms with van der Waals surface area (Å²) in [6, 6.07) is 7.05. The summed E-state index contributed by atoms with van der Waals surface area (Å²) in [6.07, 6.45) is -0.541. The monoisotopic (exact) mass is 238 g/mol. The zero-order valence-electron chi connectivity index (χ0n) is 10.1. The Hall–Kier alpha value is -1.55. The van der Waals surface area contributed by atoms with Crippen LogP contribution in [0.5, 0.6) is 5.75 Å². The van der Waals surface area contributed by atoms with E-state index < -0.39 is 18.0 Å². The van der Waals surface area contributed by atoms with Crippen molar-refractivity contribution in [1.82, 2.24) is 0 Å². The molecule has 1 rings (SSSR count). The summed E-state index contributed by atoms with van der Waals surface area (Å²) in [5, 5.41) is 18.6. The number of hydrogen-bond acceptors (Lipinski definition) is 3. The van der Waals surface area contributed by atoms with Crippen molar-refractivity contribution in [3.8, 4) is 5.75 Å². The Morgan fingerprint density at radius 3 is 2.41 bits per heavy atom. The topological polar surface area (TPSA) is 66.8 Å². The lowest BCUT2D eigenvalue weighted by Crippen LogP contribution is -2.13. The molecule has 0 aliphatic heterocycles. The summed E-state index contributed by atoms with van der Waals surface area (Å²) >= 11 is 0. The van der Waals surface area contributed by atoms with Crippen molar-refractivity contribution >= 4 is 5.97 Å². The second kappa shape index (κ2) is 6.25. The van der Waals surface area contributed by atoms with Gasteiger partial charge < -0.3 is 14.9 Å². The van der Waals surface area contributed by atoms with Gasteiger partial charge in [-0.3, -0.25) is 4.79 Å². The molecule has 0 aliphatic carbocycles. The number of ether oxygens (including phenoxy) is 1. The summed E-state index contributed by atoms with van der Waals surface area (Å²) in [7, 11) is 0. The quantitative estimate of drug-likeness (QED) is 0.797. The fraction of sp³-hybridized carbons (Fsp3) is 0.462. The van der Waals surface area contributed by atoms with Crippen LogP contribution in [0.1, 0.15) is 31.9 Å². The average Bonchev–Trinajstić information content (AvgIpc) is 2.30. The Morgan fingerprint density at radius 1 is 1.35 bits per heavy atom. The fourth-order valence-electron chi connectivity index (χ4n) is 1.52. The van der Waals surface area contributed by atoms with E-state index in [4.69, 9.17) is 9.84 Å². The molecule has 0 spiro atoms. The molecule has 4 heteroatoms. The number of carboxylic acids is 1. The van der Waals surface area contributed by atoms with Gasteiger partial charge in [0, 0.05) is 0 Å². The van der Waals surface area contributed by atoms with Gasteiger partial charge >= 0.3 is 5.97 Å². The number of aliphatic hydroxyl groups is 1. The summed E-state index contributed by atoms with van der Waals surface area (Å²) in [5.41, 5.74) is 0.710. The molecule has 1 aromatic rings. The number of benzene rings is 1. The lowest BCUT2D eigenvalue weighted by molar-refractivity contribution is -0.142. The van der Waals surface area contributed by atoms with Crippen molar-refractivity contribution in [2.75, 3.05) is 6.61 Å². The molecule has 0 radical (unpaired) electrons. The molecule has 0 heterocycles. The lowest BCUT2D eigenvalue weighted by Gasteiger charge is -2.14. The average molecular weight is 238 g/mol. The fourth-order valence-corrected chi connectivity index (χ4v) is 1.52. The third kappa shape index (κ3) is 4.07. The number of aliphatic carboxylic acids is 1. The molecule has 0 saturated heterocycles. The SMILES string of the molecule is CCOc1ccc(C(O)CC(C)C(=O)O)cc1.